The van der Waals surface area contributed by atoms with Gasteiger partial charge < -0.3 is 5.11 Å². The Balaban J connectivity index is 2.15. The molecule has 0 unspecified atom stereocenters. The van der Waals surface area contributed by atoms with Gasteiger partial charge in [-0.2, -0.15) is 0 Å². The van der Waals surface area contributed by atoms with E-state index in [1.807, 2.05) is 6.08 Å². The molecule has 0 heterocycles. The Morgan fingerprint density at radius 3 is 2.21 bits per heavy atom. The van der Waals surface area contributed by atoms with Crippen LogP contribution in [0, 0.1) is 0 Å². The van der Waals surface area contributed by atoms with Crippen molar-refractivity contribution in [3.8, 4) is 0 Å². The summed E-state index contributed by atoms with van der Waals surface area (Å²) in [6.07, 6.45) is 6.78. The molecule has 0 radical (unpaired) electrons. The van der Waals surface area contributed by atoms with E-state index in [1.165, 1.54) is 0 Å². The van der Waals surface area contributed by atoms with Gasteiger partial charge in [-0.1, -0.05) is 56.2 Å². The number of fused-ring (bicyclic) bond motifs is 1. The quantitative estimate of drug-likeness (QED) is 0.502. The summed E-state index contributed by atoms with van der Waals surface area (Å²) in [5.41, 5.74) is -1.24. The summed E-state index contributed by atoms with van der Waals surface area (Å²) in [6, 6.07) is 6.59. The van der Waals surface area contributed by atoms with Crippen molar-refractivity contribution in [2.45, 2.75) is 38.2 Å². The second kappa shape index (κ2) is 5.49. The molecular formula is C16H18O3. The Hall–Kier alpha value is -1.74. The molecule has 0 amide bonds. The first-order valence-corrected chi connectivity index (χ1v) is 6.67. The molecule has 0 saturated carbocycles. The highest BCUT2D eigenvalue weighted by molar-refractivity contribution is 6.31. The van der Waals surface area contributed by atoms with Crippen LogP contribution in [0.5, 0.6) is 0 Å². The van der Waals surface area contributed by atoms with Crippen LogP contribution in [0.15, 0.2) is 36.4 Å². The third-order valence-corrected chi connectivity index (χ3v) is 3.47. The molecule has 0 bridgehead atoms. The first-order chi connectivity index (χ1) is 9.11. The first-order valence-electron chi connectivity index (χ1n) is 6.67. The number of carbonyl (C=O) groups is 2. The van der Waals surface area contributed by atoms with Gasteiger partial charge in [-0.05, 0) is 6.42 Å². The van der Waals surface area contributed by atoms with Crippen molar-refractivity contribution in [2.75, 3.05) is 0 Å². The van der Waals surface area contributed by atoms with Crippen LogP contribution in [0.1, 0.15) is 53.3 Å². The lowest BCUT2D eigenvalue weighted by atomic mass is 9.93. The van der Waals surface area contributed by atoms with Gasteiger partial charge in [0.25, 0.3) is 0 Å². The maximum Gasteiger partial charge on any atom is 0.203 e. The fraction of sp³-hybridized carbons (Fsp3) is 0.375. The van der Waals surface area contributed by atoms with Gasteiger partial charge in [-0.25, -0.2) is 0 Å². The van der Waals surface area contributed by atoms with Crippen LogP contribution < -0.4 is 0 Å². The summed E-state index contributed by atoms with van der Waals surface area (Å²) in [5.74, 6) is -0.957. The molecule has 0 fully saturated rings. The lowest BCUT2D eigenvalue weighted by Gasteiger charge is -2.16. The van der Waals surface area contributed by atoms with E-state index in [4.69, 9.17) is 0 Å². The fourth-order valence-electron chi connectivity index (χ4n) is 2.31. The SMILES string of the molecule is CCCC/C=C\CC1(O)C(=O)c2ccccc2C1=O. The summed E-state index contributed by atoms with van der Waals surface area (Å²) in [4.78, 5) is 24.3. The number of hydrogen-bond donors (Lipinski definition) is 1. The lowest BCUT2D eigenvalue weighted by Crippen LogP contribution is -2.40. The van der Waals surface area contributed by atoms with Crippen molar-refractivity contribution in [1.29, 1.82) is 0 Å². The number of hydrogen-bond acceptors (Lipinski definition) is 3. The zero-order chi connectivity index (χ0) is 13.9. The van der Waals surface area contributed by atoms with Crippen LogP contribution in [0.4, 0.5) is 0 Å². The van der Waals surface area contributed by atoms with Gasteiger partial charge in [0.2, 0.25) is 11.6 Å². The van der Waals surface area contributed by atoms with Crippen molar-refractivity contribution in [2.24, 2.45) is 0 Å². The standard InChI is InChI=1S/C16H18O3/c1-2-3-4-5-8-11-16(19)14(17)12-9-6-7-10-13(12)15(16)18/h5-10,19H,2-4,11H2,1H3/b8-5-. The van der Waals surface area contributed by atoms with Crippen LogP contribution in [0.2, 0.25) is 0 Å². The average Bonchev–Trinajstić information content (AvgIpc) is 2.62. The minimum atomic E-state index is -1.90. The number of ketones is 2. The summed E-state index contributed by atoms with van der Waals surface area (Å²) >= 11 is 0. The normalized spacial score (nSPS) is 17.2. The van der Waals surface area contributed by atoms with Gasteiger partial charge in [-0.15, -0.1) is 0 Å². The van der Waals surface area contributed by atoms with E-state index in [2.05, 4.69) is 6.92 Å². The molecule has 1 aliphatic carbocycles. The Labute approximate surface area is 113 Å². The number of carbonyl (C=O) groups excluding carboxylic acids is 2. The average molecular weight is 258 g/mol. The Kier molecular flexibility index (Phi) is 3.96. The largest absolute Gasteiger partial charge is 0.374 e. The van der Waals surface area contributed by atoms with E-state index in [0.717, 1.165) is 19.3 Å². The molecule has 19 heavy (non-hydrogen) atoms. The third-order valence-electron chi connectivity index (χ3n) is 3.47. The Bertz CT molecular complexity index is 494. The highest BCUT2D eigenvalue weighted by Crippen LogP contribution is 2.32. The molecule has 1 aromatic carbocycles. The van der Waals surface area contributed by atoms with Crippen LogP contribution in [0.3, 0.4) is 0 Å². The molecule has 1 N–H and O–H groups in total. The van der Waals surface area contributed by atoms with Crippen LogP contribution in [0.25, 0.3) is 0 Å². The molecule has 0 spiro atoms. The summed E-state index contributed by atoms with van der Waals surface area (Å²) in [7, 11) is 0. The zero-order valence-electron chi connectivity index (χ0n) is 11.1. The number of aliphatic hydroxyl groups is 1. The van der Waals surface area contributed by atoms with Crippen LogP contribution in [-0.2, 0) is 0 Å². The fourth-order valence-corrected chi connectivity index (χ4v) is 2.31. The molecule has 3 nitrogen and oxygen atoms in total. The molecule has 1 aromatic rings. The zero-order valence-corrected chi connectivity index (χ0v) is 11.1. The van der Waals surface area contributed by atoms with Gasteiger partial charge in [0.05, 0.1) is 0 Å². The predicted molar refractivity (Wildman–Crippen MR) is 73.3 cm³/mol. The van der Waals surface area contributed by atoms with E-state index in [-0.39, 0.29) is 6.42 Å². The summed E-state index contributed by atoms with van der Waals surface area (Å²) < 4.78 is 0. The number of unbranched alkanes of at least 4 members (excludes halogenated alkanes) is 2. The third kappa shape index (κ3) is 2.38. The number of Topliss-reactive ketones (excluding diaryl/α,β-unsaturated/α-hetero) is 2. The summed E-state index contributed by atoms with van der Waals surface area (Å²) in [6.45, 7) is 2.10. The van der Waals surface area contributed by atoms with Gasteiger partial charge in [0.15, 0.2) is 5.60 Å². The summed E-state index contributed by atoms with van der Waals surface area (Å²) in [5, 5.41) is 10.4. The van der Waals surface area contributed by atoms with E-state index >= 15 is 0 Å². The Morgan fingerprint density at radius 1 is 1.11 bits per heavy atom. The van der Waals surface area contributed by atoms with Gasteiger partial charge in [0.1, 0.15) is 0 Å². The van der Waals surface area contributed by atoms with Crippen molar-refractivity contribution in [3.63, 3.8) is 0 Å². The van der Waals surface area contributed by atoms with Crippen LogP contribution in [-0.4, -0.2) is 22.3 Å². The van der Waals surface area contributed by atoms with E-state index in [0.29, 0.717) is 11.1 Å². The second-order valence-electron chi connectivity index (χ2n) is 4.88. The first kappa shape index (κ1) is 13.7. The number of allylic oxidation sites excluding steroid dienone is 1. The molecule has 1 aliphatic rings. The van der Waals surface area contributed by atoms with Gasteiger partial charge >= 0.3 is 0 Å². The second-order valence-corrected chi connectivity index (χ2v) is 4.88. The topological polar surface area (TPSA) is 54.4 Å². The van der Waals surface area contributed by atoms with E-state index in [1.54, 1.807) is 30.3 Å². The highest BCUT2D eigenvalue weighted by atomic mass is 16.3. The molecule has 3 heteroatoms. The van der Waals surface area contributed by atoms with Gasteiger partial charge in [0, 0.05) is 17.5 Å². The molecule has 0 atom stereocenters. The Morgan fingerprint density at radius 2 is 1.68 bits per heavy atom. The minimum Gasteiger partial charge on any atom is -0.374 e. The van der Waals surface area contributed by atoms with Gasteiger partial charge in [-0.3, -0.25) is 9.59 Å². The van der Waals surface area contributed by atoms with Crippen molar-refractivity contribution < 1.29 is 14.7 Å². The van der Waals surface area contributed by atoms with Crippen molar-refractivity contribution in [3.05, 3.63) is 47.5 Å². The number of rotatable bonds is 5. The highest BCUT2D eigenvalue weighted by Gasteiger charge is 2.50. The van der Waals surface area contributed by atoms with E-state index in [9.17, 15) is 14.7 Å². The van der Waals surface area contributed by atoms with Crippen molar-refractivity contribution in [1.82, 2.24) is 0 Å². The monoisotopic (exact) mass is 258 g/mol. The minimum absolute atomic E-state index is 0.0586. The predicted octanol–water partition coefficient (Wildman–Crippen LogP) is 2.93. The molecule has 2 rings (SSSR count). The maximum atomic E-state index is 12.1. The smallest absolute Gasteiger partial charge is 0.203 e. The maximum absolute atomic E-state index is 12.1. The molecule has 0 saturated heterocycles. The lowest BCUT2D eigenvalue weighted by molar-refractivity contribution is 0.0343. The van der Waals surface area contributed by atoms with Crippen molar-refractivity contribution >= 4 is 11.6 Å². The number of benzene rings is 1. The molecule has 0 aliphatic heterocycles. The molecule has 100 valence electrons. The molecule has 0 aromatic heterocycles. The van der Waals surface area contributed by atoms with Crippen LogP contribution >= 0.6 is 0 Å². The molecular weight excluding hydrogens is 240 g/mol. The van der Waals surface area contributed by atoms with E-state index < -0.39 is 17.2 Å².